The molecule has 2 N–H and O–H groups in total. The van der Waals surface area contributed by atoms with Crippen molar-refractivity contribution in [2.24, 2.45) is 33.5 Å². The number of allylic oxidation sites excluding steroid dienone is 4. The molecule has 1 heterocycles. The van der Waals surface area contributed by atoms with Crippen molar-refractivity contribution in [3.05, 3.63) is 118 Å². The van der Waals surface area contributed by atoms with Gasteiger partial charge >= 0.3 is 6.09 Å². The molecule has 2 spiro atoms. The largest absolute Gasteiger partial charge is 0.497 e. The van der Waals surface area contributed by atoms with E-state index in [0.717, 1.165) is 48.4 Å². The Morgan fingerprint density at radius 2 is 1.58 bits per heavy atom. The number of fused-ring (bicyclic) bond motifs is 2. The van der Waals surface area contributed by atoms with Gasteiger partial charge in [-0.3, -0.25) is 4.79 Å². The van der Waals surface area contributed by atoms with E-state index in [4.69, 9.17) is 9.47 Å². The predicted molar refractivity (Wildman–Crippen MR) is 215 cm³/mol. The van der Waals surface area contributed by atoms with E-state index in [1.54, 1.807) is 23.3 Å². The van der Waals surface area contributed by atoms with Crippen molar-refractivity contribution < 1.29 is 29.3 Å². The maximum atomic E-state index is 14.9. The Morgan fingerprint density at radius 3 is 2.35 bits per heavy atom. The molecule has 2 bridgehead atoms. The lowest BCUT2D eigenvalue weighted by molar-refractivity contribution is -0.175. The van der Waals surface area contributed by atoms with Crippen molar-refractivity contribution in [2.45, 2.75) is 76.9 Å². The third kappa shape index (κ3) is 5.49. The summed E-state index contributed by atoms with van der Waals surface area (Å²) in [4.78, 5) is 32.0. The second-order valence-electron chi connectivity index (χ2n) is 17.5. The molecule has 6 aliphatic carbocycles. The summed E-state index contributed by atoms with van der Waals surface area (Å²) in [5, 5.41) is 28.3. The van der Waals surface area contributed by atoms with Gasteiger partial charge < -0.3 is 24.6 Å². The molecule has 7 nitrogen and oxygen atoms in total. The molecule has 3 fully saturated rings. The van der Waals surface area contributed by atoms with Gasteiger partial charge in [0.1, 0.15) is 11.5 Å². The summed E-state index contributed by atoms with van der Waals surface area (Å²) >= 11 is 1.66. The molecule has 6 aliphatic rings. The van der Waals surface area contributed by atoms with E-state index in [0.29, 0.717) is 42.9 Å². The van der Waals surface area contributed by atoms with Crippen LogP contribution in [0, 0.1) is 33.5 Å². The van der Waals surface area contributed by atoms with Crippen LogP contribution in [0.25, 0.3) is 10.8 Å². The Morgan fingerprint density at radius 1 is 0.855 bits per heavy atom. The number of benzene rings is 3. The van der Waals surface area contributed by atoms with Crippen LogP contribution in [0.3, 0.4) is 0 Å². The number of Topliss-reactive ketones (excluding diaryl/α,β-unsaturated/α-hetero) is 1. The van der Waals surface area contributed by atoms with Crippen LogP contribution in [0.5, 0.6) is 11.5 Å². The smallest absolute Gasteiger partial charge is 0.415 e. The maximum Gasteiger partial charge on any atom is 0.415 e. The van der Waals surface area contributed by atoms with E-state index in [2.05, 4.69) is 38.1 Å². The van der Waals surface area contributed by atoms with Gasteiger partial charge in [-0.1, -0.05) is 68.5 Å². The van der Waals surface area contributed by atoms with E-state index >= 15 is 0 Å². The third-order valence-electron chi connectivity index (χ3n) is 15.2. The number of rotatable bonds is 9. The van der Waals surface area contributed by atoms with Crippen molar-refractivity contribution in [3.8, 4) is 11.5 Å². The molecule has 8 unspecified atom stereocenters. The molecule has 1 aromatic heterocycles. The fourth-order valence-electron chi connectivity index (χ4n) is 12.1. The summed E-state index contributed by atoms with van der Waals surface area (Å²) in [7, 11) is 1.62. The number of thiophene rings is 1. The molecular formula is C47H51NO6S. The third-order valence-corrected chi connectivity index (χ3v) is 16.1. The number of carbonyl (C=O) groups is 2. The molecule has 8 atom stereocenters. The number of carbonyl (C=O) groups excluding carboxylic acids is 2. The topological polar surface area (TPSA) is 96.3 Å². The number of ether oxygens (including phenoxy) is 2. The molecule has 55 heavy (non-hydrogen) atoms. The average molecular weight is 758 g/mol. The highest BCUT2D eigenvalue weighted by atomic mass is 32.1. The van der Waals surface area contributed by atoms with Gasteiger partial charge in [0.05, 0.1) is 25.4 Å². The molecule has 8 heteroatoms. The van der Waals surface area contributed by atoms with Gasteiger partial charge in [0.15, 0.2) is 5.78 Å². The number of hydrogen-bond acceptors (Lipinski definition) is 7. The quantitative estimate of drug-likeness (QED) is 0.131. The number of nitrogens with zero attached hydrogens (tertiary/aromatic N) is 1. The van der Waals surface area contributed by atoms with Gasteiger partial charge in [0, 0.05) is 38.8 Å². The standard InChI is InChI=1S/C47H51NO6S/c1-43-20-16-34(49)28-45(43)23-24-47(38(29-45)41(50)32-11-13-35(53-3)14-12-32)39(43)17-21-44(2)40(47)18-22-46(44,52)30-48(25-19-37-9-6-26-55-37)42(51)54-36-15-10-31-7-4-5-8-33(31)27-36/h4-15,23-24,26-27,29,34,39-40,49,52H,16-22,25,28,30H2,1-3H3. The van der Waals surface area contributed by atoms with Crippen LogP contribution in [-0.2, 0) is 6.42 Å². The Hall–Kier alpha value is -4.24. The number of amides is 1. The predicted octanol–water partition coefficient (Wildman–Crippen LogP) is 9.43. The molecule has 10 rings (SSSR count). The fraction of sp³-hybridized carbons (Fsp3) is 0.447. The van der Waals surface area contributed by atoms with Crippen molar-refractivity contribution in [3.63, 3.8) is 0 Å². The summed E-state index contributed by atoms with van der Waals surface area (Å²) in [6.45, 7) is 5.16. The fourth-order valence-corrected chi connectivity index (χ4v) is 12.8. The number of ketones is 1. The zero-order chi connectivity index (χ0) is 38.2. The zero-order valence-electron chi connectivity index (χ0n) is 32.0. The van der Waals surface area contributed by atoms with Gasteiger partial charge in [0.2, 0.25) is 0 Å². The van der Waals surface area contributed by atoms with E-state index in [-0.39, 0.29) is 29.6 Å². The Balaban J connectivity index is 1.08. The molecule has 3 aromatic carbocycles. The van der Waals surface area contributed by atoms with Crippen molar-refractivity contribution in [1.82, 2.24) is 4.90 Å². The minimum absolute atomic E-state index is 0.00900. The van der Waals surface area contributed by atoms with Gasteiger partial charge in [-0.25, -0.2) is 4.79 Å². The summed E-state index contributed by atoms with van der Waals surface area (Å²) < 4.78 is 11.5. The first-order valence-corrected chi connectivity index (χ1v) is 20.8. The Kier molecular flexibility index (Phi) is 8.72. The van der Waals surface area contributed by atoms with Gasteiger partial charge in [-0.05, 0) is 127 Å². The molecule has 0 aliphatic heterocycles. The van der Waals surface area contributed by atoms with Crippen LogP contribution >= 0.6 is 11.3 Å². The van der Waals surface area contributed by atoms with Crippen LogP contribution in [0.1, 0.15) is 74.0 Å². The van der Waals surface area contributed by atoms with E-state index < -0.39 is 34.0 Å². The highest BCUT2D eigenvalue weighted by Crippen LogP contribution is 2.78. The summed E-state index contributed by atoms with van der Waals surface area (Å²) in [5.41, 5.74) is -1.53. The molecule has 286 valence electrons. The van der Waals surface area contributed by atoms with E-state index in [1.807, 2.05) is 78.2 Å². The molecule has 0 radical (unpaired) electrons. The molecular weight excluding hydrogens is 707 g/mol. The lowest BCUT2D eigenvalue weighted by atomic mass is 9.32. The maximum absolute atomic E-state index is 14.9. The first-order valence-electron chi connectivity index (χ1n) is 19.9. The normalized spacial score (nSPS) is 34.3. The van der Waals surface area contributed by atoms with Crippen LogP contribution in [0.2, 0.25) is 0 Å². The van der Waals surface area contributed by atoms with Gasteiger partial charge in [-0.15, -0.1) is 11.3 Å². The second-order valence-corrected chi connectivity index (χ2v) is 18.5. The Labute approximate surface area is 327 Å². The number of aliphatic hydroxyl groups is 2. The van der Waals surface area contributed by atoms with Crippen molar-refractivity contribution in [2.75, 3.05) is 20.2 Å². The molecule has 1 amide bonds. The highest BCUT2D eigenvalue weighted by molar-refractivity contribution is 7.09. The Bertz CT molecular complexity index is 2200. The van der Waals surface area contributed by atoms with Crippen molar-refractivity contribution >= 4 is 34.0 Å². The minimum Gasteiger partial charge on any atom is -0.497 e. The first kappa shape index (κ1) is 36.4. The summed E-state index contributed by atoms with van der Waals surface area (Å²) in [5.74, 6) is 1.32. The number of aliphatic hydroxyl groups excluding tert-OH is 1. The van der Waals surface area contributed by atoms with Crippen LogP contribution in [-0.4, -0.2) is 58.9 Å². The number of hydrogen-bond donors (Lipinski definition) is 2. The van der Waals surface area contributed by atoms with Crippen molar-refractivity contribution in [1.29, 1.82) is 0 Å². The second kappa shape index (κ2) is 13.2. The minimum atomic E-state index is -1.22. The van der Waals surface area contributed by atoms with Gasteiger partial charge in [0.25, 0.3) is 0 Å². The van der Waals surface area contributed by atoms with Crippen LogP contribution < -0.4 is 9.47 Å². The first-order chi connectivity index (χ1) is 26.4. The van der Waals surface area contributed by atoms with Crippen LogP contribution in [0.15, 0.2) is 108 Å². The molecule has 0 saturated heterocycles. The summed E-state index contributed by atoms with van der Waals surface area (Å²) in [6, 6.07) is 25.2. The average Bonchev–Trinajstić information content (AvgIpc) is 3.81. The monoisotopic (exact) mass is 757 g/mol. The zero-order valence-corrected chi connectivity index (χ0v) is 32.8. The van der Waals surface area contributed by atoms with E-state index in [1.165, 1.54) is 4.88 Å². The number of methoxy groups -OCH3 is 1. The molecule has 4 aromatic rings. The lowest BCUT2D eigenvalue weighted by Crippen LogP contribution is -2.67. The summed E-state index contributed by atoms with van der Waals surface area (Å²) in [6.07, 6.45) is 11.8. The van der Waals surface area contributed by atoms with Crippen LogP contribution in [0.4, 0.5) is 4.79 Å². The van der Waals surface area contributed by atoms with E-state index in [9.17, 15) is 19.8 Å². The highest BCUT2D eigenvalue weighted by Gasteiger charge is 2.74. The lowest BCUT2D eigenvalue weighted by Gasteiger charge is -2.71. The molecule has 3 saturated carbocycles. The van der Waals surface area contributed by atoms with Gasteiger partial charge in [-0.2, -0.15) is 0 Å². The SMILES string of the molecule is COc1ccc(C(=O)C2=CC34C=CC25C(CCC2(C)C5CCC2(O)CN(CCc2cccs2)C(=O)Oc2ccc5ccccc5c2)C3(C)CCC(O)C4)cc1.